The maximum atomic E-state index is 12.1. The number of thiophene rings is 1. The molecule has 0 spiro atoms. The molecule has 0 aliphatic heterocycles. The number of nitrogens with one attached hydrogen (secondary N) is 2. The topological polar surface area (TPSA) is 66.9 Å². The second kappa shape index (κ2) is 8.69. The molecule has 2 heterocycles. The number of aryl methyl sites for hydroxylation is 4. The van der Waals surface area contributed by atoms with Crippen LogP contribution >= 0.6 is 11.3 Å². The number of benzene rings is 1. The molecule has 146 valence electrons. The number of amides is 1. The highest BCUT2D eigenvalue weighted by Gasteiger charge is 2.20. The summed E-state index contributed by atoms with van der Waals surface area (Å²) in [6, 6.07) is 10.1. The van der Waals surface area contributed by atoms with Gasteiger partial charge in [0.15, 0.2) is 0 Å². The summed E-state index contributed by atoms with van der Waals surface area (Å²) in [4.78, 5) is 23.9. The normalized spacial score (nSPS) is 13.3. The highest BCUT2D eigenvalue weighted by atomic mass is 32.1. The van der Waals surface area contributed by atoms with Crippen LogP contribution < -0.4 is 10.6 Å². The lowest BCUT2D eigenvalue weighted by Gasteiger charge is -2.13. The summed E-state index contributed by atoms with van der Waals surface area (Å²) in [6.07, 6.45) is 6.07. The van der Waals surface area contributed by atoms with Gasteiger partial charge in [-0.2, -0.15) is 0 Å². The Morgan fingerprint density at radius 1 is 1.11 bits per heavy atom. The molecule has 0 fully saturated rings. The predicted octanol–water partition coefficient (Wildman–Crippen LogP) is 4.04. The van der Waals surface area contributed by atoms with Gasteiger partial charge in [0, 0.05) is 24.4 Å². The van der Waals surface area contributed by atoms with Gasteiger partial charge in [0.05, 0.1) is 5.39 Å². The van der Waals surface area contributed by atoms with Crippen molar-refractivity contribution in [2.45, 2.75) is 45.4 Å². The quantitative estimate of drug-likeness (QED) is 0.594. The van der Waals surface area contributed by atoms with Crippen molar-refractivity contribution in [3.63, 3.8) is 0 Å². The Bertz CT molecular complexity index is 968. The van der Waals surface area contributed by atoms with Crippen LogP contribution in [0, 0.1) is 6.92 Å². The zero-order valence-electron chi connectivity index (χ0n) is 16.3. The fourth-order valence-electron chi connectivity index (χ4n) is 3.77. The number of hydrogen-bond acceptors (Lipinski definition) is 5. The van der Waals surface area contributed by atoms with Gasteiger partial charge in [-0.05, 0) is 50.2 Å². The maximum Gasteiger partial charge on any atom is 0.220 e. The van der Waals surface area contributed by atoms with Gasteiger partial charge in [-0.25, -0.2) is 9.97 Å². The van der Waals surface area contributed by atoms with Crippen molar-refractivity contribution in [3.8, 4) is 0 Å². The number of nitrogens with zero attached hydrogens (tertiary/aromatic N) is 2. The average Bonchev–Trinajstić information content (AvgIpc) is 3.08. The highest BCUT2D eigenvalue weighted by molar-refractivity contribution is 7.19. The number of carbonyl (C=O) groups is 1. The van der Waals surface area contributed by atoms with Crippen molar-refractivity contribution in [3.05, 3.63) is 52.2 Å². The van der Waals surface area contributed by atoms with E-state index in [1.165, 1.54) is 34.2 Å². The Hall–Kier alpha value is -2.47. The highest BCUT2D eigenvalue weighted by Crippen LogP contribution is 2.38. The smallest absolute Gasteiger partial charge is 0.220 e. The van der Waals surface area contributed by atoms with Crippen molar-refractivity contribution < 1.29 is 4.79 Å². The molecule has 6 heteroatoms. The summed E-state index contributed by atoms with van der Waals surface area (Å²) in [5.41, 5.74) is 2.62. The van der Waals surface area contributed by atoms with E-state index < -0.39 is 0 Å². The van der Waals surface area contributed by atoms with Crippen molar-refractivity contribution in [1.29, 1.82) is 0 Å². The first-order valence-electron chi connectivity index (χ1n) is 10.0. The van der Waals surface area contributed by atoms with Crippen LogP contribution in [-0.2, 0) is 24.1 Å². The van der Waals surface area contributed by atoms with E-state index in [1.54, 1.807) is 0 Å². The van der Waals surface area contributed by atoms with Crippen LogP contribution in [0.15, 0.2) is 30.3 Å². The molecule has 3 aromatic rings. The first kappa shape index (κ1) is 18.9. The summed E-state index contributed by atoms with van der Waals surface area (Å²) in [5, 5.41) is 7.63. The van der Waals surface area contributed by atoms with E-state index in [4.69, 9.17) is 0 Å². The first-order chi connectivity index (χ1) is 13.7. The number of hydrogen-bond donors (Lipinski definition) is 2. The fourth-order valence-corrected chi connectivity index (χ4v) is 5.07. The summed E-state index contributed by atoms with van der Waals surface area (Å²) in [7, 11) is 0. The standard InChI is InChI=1S/C22H26N4OS/c1-15-25-21(20-17-9-5-6-10-18(17)28-22(20)26-15)24-14-13-23-19(27)12-11-16-7-3-2-4-8-16/h2-4,7-8H,5-6,9-14H2,1H3,(H,23,27)(H,24,25,26). The zero-order valence-corrected chi connectivity index (χ0v) is 17.1. The van der Waals surface area contributed by atoms with Gasteiger partial charge < -0.3 is 10.6 Å². The molecule has 0 radical (unpaired) electrons. The van der Waals surface area contributed by atoms with Gasteiger partial charge in [0.2, 0.25) is 5.91 Å². The molecule has 1 amide bonds. The molecule has 28 heavy (non-hydrogen) atoms. The molecule has 1 aliphatic carbocycles. The van der Waals surface area contributed by atoms with E-state index in [0.717, 1.165) is 35.7 Å². The number of aromatic nitrogens is 2. The monoisotopic (exact) mass is 394 g/mol. The van der Waals surface area contributed by atoms with Crippen LogP contribution in [0.25, 0.3) is 10.2 Å². The minimum absolute atomic E-state index is 0.0857. The third kappa shape index (κ3) is 4.33. The molecule has 0 atom stereocenters. The fraction of sp³-hybridized carbons (Fsp3) is 0.409. The lowest BCUT2D eigenvalue weighted by Crippen LogP contribution is -2.29. The summed E-state index contributed by atoms with van der Waals surface area (Å²) in [6.45, 7) is 3.19. The molecule has 2 aromatic heterocycles. The van der Waals surface area contributed by atoms with E-state index in [2.05, 4.69) is 32.7 Å². The molecule has 0 bridgehead atoms. The number of fused-ring (bicyclic) bond motifs is 3. The second-order valence-electron chi connectivity index (χ2n) is 7.27. The van der Waals surface area contributed by atoms with Gasteiger partial charge in [-0.15, -0.1) is 11.3 Å². The summed E-state index contributed by atoms with van der Waals surface area (Å²) < 4.78 is 0. The van der Waals surface area contributed by atoms with Crippen LogP contribution in [0.2, 0.25) is 0 Å². The van der Waals surface area contributed by atoms with Crippen molar-refractivity contribution in [2.24, 2.45) is 0 Å². The predicted molar refractivity (Wildman–Crippen MR) is 115 cm³/mol. The molecule has 1 aliphatic rings. The summed E-state index contributed by atoms with van der Waals surface area (Å²) in [5.74, 6) is 1.79. The SMILES string of the molecule is Cc1nc(NCCNC(=O)CCc2ccccc2)c2c3c(sc2n1)CCCC3. The molecular formula is C22H26N4OS. The molecule has 0 saturated heterocycles. The van der Waals surface area contributed by atoms with E-state index >= 15 is 0 Å². The average molecular weight is 395 g/mol. The Morgan fingerprint density at radius 3 is 2.79 bits per heavy atom. The van der Waals surface area contributed by atoms with E-state index in [1.807, 2.05) is 36.5 Å². The Kier molecular flexibility index (Phi) is 5.86. The van der Waals surface area contributed by atoms with Crippen LogP contribution in [0.1, 0.15) is 41.1 Å². The number of carbonyl (C=O) groups excluding carboxylic acids is 1. The van der Waals surface area contributed by atoms with Crippen molar-refractivity contribution in [2.75, 3.05) is 18.4 Å². The minimum Gasteiger partial charge on any atom is -0.368 e. The molecule has 4 rings (SSSR count). The van der Waals surface area contributed by atoms with Gasteiger partial charge in [0.25, 0.3) is 0 Å². The van der Waals surface area contributed by atoms with Gasteiger partial charge >= 0.3 is 0 Å². The van der Waals surface area contributed by atoms with Crippen LogP contribution in [-0.4, -0.2) is 29.0 Å². The Labute approximate surface area is 169 Å². The lowest BCUT2D eigenvalue weighted by molar-refractivity contribution is -0.120. The molecule has 1 aromatic carbocycles. The molecule has 0 unspecified atom stereocenters. The van der Waals surface area contributed by atoms with Crippen LogP contribution in [0.4, 0.5) is 5.82 Å². The summed E-state index contributed by atoms with van der Waals surface area (Å²) >= 11 is 1.82. The zero-order chi connectivity index (χ0) is 19.3. The van der Waals surface area contributed by atoms with Gasteiger partial charge in [-0.1, -0.05) is 30.3 Å². The third-order valence-electron chi connectivity index (χ3n) is 5.15. The van der Waals surface area contributed by atoms with Crippen LogP contribution in [0.5, 0.6) is 0 Å². The Balaban J connectivity index is 1.33. The van der Waals surface area contributed by atoms with E-state index in [-0.39, 0.29) is 5.91 Å². The second-order valence-corrected chi connectivity index (χ2v) is 8.36. The third-order valence-corrected chi connectivity index (χ3v) is 6.34. The van der Waals surface area contributed by atoms with E-state index in [9.17, 15) is 4.79 Å². The minimum atomic E-state index is 0.0857. The molecule has 5 nitrogen and oxygen atoms in total. The Morgan fingerprint density at radius 2 is 1.93 bits per heavy atom. The van der Waals surface area contributed by atoms with Crippen molar-refractivity contribution >= 4 is 33.3 Å². The van der Waals surface area contributed by atoms with E-state index in [0.29, 0.717) is 19.5 Å². The maximum absolute atomic E-state index is 12.1. The molecule has 2 N–H and O–H groups in total. The van der Waals surface area contributed by atoms with Crippen molar-refractivity contribution in [1.82, 2.24) is 15.3 Å². The van der Waals surface area contributed by atoms with Crippen LogP contribution in [0.3, 0.4) is 0 Å². The van der Waals surface area contributed by atoms with Gasteiger partial charge in [0.1, 0.15) is 16.5 Å². The first-order valence-corrected chi connectivity index (χ1v) is 10.9. The number of rotatable bonds is 7. The number of anilines is 1. The molecule has 0 saturated carbocycles. The van der Waals surface area contributed by atoms with Gasteiger partial charge in [-0.3, -0.25) is 4.79 Å². The molecular weight excluding hydrogens is 368 g/mol. The lowest BCUT2D eigenvalue weighted by atomic mass is 9.97. The largest absolute Gasteiger partial charge is 0.368 e.